The number of oxime groups is 1. The number of amides is 1. The van der Waals surface area contributed by atoms with Crippen molar-refractivity contribution in [3.8, 4) is 0 Å². The van der Waals surface area contributed by atoms with Gasteiger partial charge >= 0.3 is 0 Å². The monoisotopic (exact) mass is 542 g/mol. The van der Waals surface area contributed by atoms with E-state index in [1.54, 1.807) is 7.11 Å². The summed E-state index contributed by atoms with van der Waals surface area (Å²) < 4.78 is 1.04. The lowest BCUT2D eigenvalue weighted by molar-refractivity contribution is -0.00169. The summed E-state index contributed by atoms with van der Waals surface area (Å²) in [6.07, 6.45) is 3.42. The summed E-state index contributed by atoms with van der Waals surface area (Å²) >= 11 is 3.51. The molecule has 1 aromatic carbocycles. The van der Waals surface area contributed by atoms with E-state index in [9.17, 15) is 4.79 Å². The lowest BCUT2D eigenvalue weighted by Gasteiger charge is -2.52. The fourth-order valence-corrected chi connectivity index (χ4v) is 5.55. The van der Waals surface area contributed by atoms with Crippen molar-refractivity contribution in [1.82, 2.24) is 24.7 Å². The molecule has 188 valence electrons. The Morgan fingerprint density at radius 2 is 1.71 bits per heavy atom. The fourth-order valence-electron chi connectivity index (χ4n) is 5.29. The number of benzene rings is 1. The second-order valence-corrected chi connectivity index (χ2v) is 10.7. The summed E-state index contributed by atoms with van der Waals surface area (Å²) in [5.41, 5.74) is 3.25. The van der Waals surface area contributed by atoms with E-state index >= 15 is 0 Å². The van der Waals surface area contributed by atoms with Crippen LogP contribution in [0.1, 0.15) is 54.0 Å². The normalized spacial score (nSPS) is 21.2. The summed E-state index contributed by atoms with van der Waals surface area (Å²) in [4.78, 5) is 33.8. The first-order valence-corrected chi connectivity index (χ1v) is 13.0. The van der Waals surface area contributed by atoms with Crippen LogP contribution in [0.3, 0.4) is 0 Å². The van der Waals surface area contributed by atoms with E-state index in [-0.39, 0.29) is 17.5 Å². The summed E-state index contributed by atoms with van der Waals surface area (Å²) in [7, 11) is 1.60. The third-order valence-electron chi connectivity index (χ3n) is 7.51. The maximum atomic E-state index is 13.2. The number of piperazine rings is 1. The molecule has 0 N–H and O–H groups in total. The SMILES string of the molecule is CO/N=C(/c1ccc(Br)cc1)N1CCN(C2(C)CCN(C(=O)c3c(C)ncnc3C)CC2)C[C@@H]1C. The average molecular weight is 544 g/mol. The second-order valence-electron chi connectivity index (χ2n) is 9.80. The van der Waals surface area contributed by atoms with Crippen molar-refractivity contribution < 1.29 is 9.63 Å². The predicted octanol–water partition coefficient (Wildman–Crippen LogP) is 3.86. The number of halogens is 1. The maximum absolute atomic E-state index is 13.2. The molecule has 2 saturated heterocycles. The zero-order valence-electron chi connectivity index (χ0n) is 21.3. The van der Waals surface area contributed by atoms with Crippen LogP contribution in [-0.2, 0) is 4.84 Å². The predicted molar refractivity (Wildman–Crippen MR) is 140 cm³/mol. The van der Waals surface area contributed by atoms with E-state index in [1.807, 2.05) is 30.9 Å². The zero-order valence-corrected chi connectivity index (χ0v) is 22.9. The Balaban J connectivity index is 1.41. The highest BCUT2D eigenvalue weighted by Gasteiger charge is 2.41. The molecule has 1 amide bonds. The lowest BCUT2D eigenvalue weighted by Crippen LogP contribution is -2.63. The van der Waals surface area contributed by atoms with Gasteiger partial charge in [-0.25, -0.2) is 9.97 Å². The number of aromatic nitrogens is 2. The molecule has 0 spiro atoms. The Morgan fingerprint density at radius 3 is 2.29 bits per heavy atom. The molecule has 0 unspecified atom stereocenters. The first-order chi connectivity index (χ1) is 16.7. The third-order valence-corrected chi connectivity index (χ3v) is 8.04. The molecule has 0 aliphatic carbocycles. The largest absolute Gasteiger partial charge is 0.397 e. The Bertz CT molecular complexity index is 1060. The second kappa shape index (κ2) is 10.6. The van der Waals surface area contributed by atoms with E-state index < -0.39 is 0 Å². The van der Waals surface area contributed by atoms with Crippen molar-refractivity contribution in [2.45, 2.75) is 52.1 Å². The van der Waals surface area contributed by atoms with Crippen LogP contribution < -0.4 is 0 Å². The summed E-state index contributed by atoms with van der Waals surface area (Å²) in [5.74, 6) is 0.921. The minimum Gasteiger partial charge on any atom is -0.397 e. The van der Waals surface area contributed by atoms with Crippen LogP contribution in [0.25, 0.3) is 0 Å². The van der Waals surface area contributed by atoms with Gasteiger partial charge in [0.05, 0.1) is 17.0 Å². The van der Waals surface area contributed by atoms with Crippen molar-refractivity contribution in [1.29, 1.82) is 0 Å². The number of hydrogen-bond donors (Lipinski definition) is 0. The van der Waals surface area contributed by atoms with E-state index in [4.69, 9.17) is 4.84 Å². The number of carbonyl (C=O) groups is 1. The minimum absolute atomic E-state index is 0.0516. The third kappa shape index (κ3) is 5.35. The highest BCUT2D eigenvalue weighted by Crippen LogP contribution is 2.32. The van der Waals surface area contributed by atoms with Crippen molar-refractivity contribution in [3.63, 3.8) is 0 Å². The Kier molecular flexibility index (Phi) is 7.76. The number of aryl methyl sites for hydroxylation is 2. The number of likely N-dealkylation sites (tertiary alicyclic amines) is 1. The highest BCUT2D eigenvalue weighted by atomic mass is 79.9. The van der Waals surface area contributed by atoms with Crippen LogP contribution in [0.4, 0.5) is 0 Å². The molecule has 3 heterocycles. The van der Waals surface area contributed by atoms with Crippen LogP contribution in [-0.4, -0.2) is 87.8 Å². The molecule has 2 fully saturated rings. The van der Waals surface area contributed by atoms with Crippen LogP contribution in [0.15, 0.2) is 40.2 Å². The van der Waals surface area contributed by atoms with Crippen molar-refractivity contribution in [2.24, 2.45) is 5.16 Å². The number of rotatable bonds is 4. The van der Waals surface area contributed by atoms with E-state index in [1.165, 1.54) is 6.33 Å². The molecular weight excluding hydrogens is 508 g/mol. The van der Waals surface area contributed by atoms with Gasteiger partial charge in [-0.1, -0.05) is 33.2 Å². The van der Waals surface area contributed by atoms with E-state index in [0.29, 0.717) is 5.56 Å². The molecule has 0 saturated carbocycles. The molecule has 0 bridgehead atoms. The number of amidine groups is 1. The first kappa shape index (κ1) is 25.6. The molecule has 35 heavy (non-hydrogen) atoms. The summed E-state index contributed by atoms with van der Waals surface area (Å²) in [6, 6.07) is 8.47. The van der Waals surface area contributed by atoms with Gasteiger partial charge in [0, 0.05) is 54.3 Å². The average Bonchev–Trinajstić information content (AvgIpc) is 2.84. The lowest BCUT2D eigenvalue weighted by atomic mass is 9.86. The Hall–Kier alpha value is -2.52. The molecule has 8 nitrogen and oxygen atoms in total. The summed E-state index contributed by atoms with van der Waals surface area (Å²) in [5, 5.41) is 4.38. The van der Waals surface area contributed by atoms with Crippen LogP contribution in [0.5, 0.6) is 0 Å². The van der Waals surface area contributed by atoms with Crippen LogP contribution in [0, 0.1) is 13.8 Å². The van der Waals surface area contributed by atoms with Gasteiger partial charge in [0.15, 0.2) is 5.84 Å². The molecular formula is C26H35BrN6O2. The van der Waals surface area contributed by atoms with Gasteiger partial charge in [0.25, 0.3) is 5.91 Å². The van der Waals surface area contributed by atoms with Crippen molar-refractivity contribution in [2.75, 3.05) is 39.8 Å². The van der Waals surface area contributed by atoms with Gasteiger partial charge in [-0.2, -0.15) is 0 Å². The van der Waals surface area contributed by atoms with Crippen molar-refractivity contribution in [3.05, 3.63) is 57.6 Å². The number of carbonyl (C=O) groups excluding carboxylic acids is 1. The topological polar surface area (TPSA) is 74.2 Å². The minimum atomic E-state index is 0.0516. The van der Waals surface area contributed by atoms with E-state index in [2.05, 4.69) is 66.8 Å². The van der Waals surface area contributed by atoms with Crippen LogP contribution >= 0.6 is 15.9 Å². The fraction of sp³-hybridized carbons (Fsp3) is 0.538. The van der Waals surface area contributed by atoms with Gasteiger partial charge in [0.1, 0.15) is 13.4 Å². The highest BCUT2D eigenvalue weighted by molar-refractivity contribution is 9.10. The molecule has 1 atom stereocenters. The maximum Gasteiger partial charge on any atom is 0.257 e. The molecule has 4 rings (SSSR count). The van der Waals surface area contributed by atoms with Gasteiger partial charge in [-0.05, 0) is 52.7 Å². The number of nitrogens with zero attached hydrogens (tertiary/aromatic N) is 6. The summed E-state index contributed by atoms with van der Waals surface area (Å²) in [6.45, 7) is 12.6. The number of piperidine rings is 1. The molecule has 9 heteroatoms. The van der Waals surface area contributed by atoms with Gasteiger partial charge in [0.2, 0.25) is 0 Å². The van der Waals surface area contributed by atoms with Gasteiger partial charge in [-0.3, -0.25) is 9.69 Å². The first-order valence-electron chi connectivity index (χ1n) is 12.2. The zero-order chi connectivity index (χ0) is 25.2. The van der Waals surface area contributed by atoms with Gasteiger partial charge in [-0.15, -0.1) is 0 Å². The Labute approximate surface area is 216 Å². The quantitative estimate of drug-likeness (QED) is 0.331. The molecule has 1 aromatic heterocycles. The van der Waals surface area contributed by atoms with Crippen molar-refractivity contribution >= 4 is 27.7 Å². The smallest absolute Gasteiger partial charge is 0.257 e. The molecule has 2 aromatic rings. The molecule has 0 radical (unpaired) electrons. The Morgan fingerprint density at radius 1 is 1.09 bits per heavy atom. The van der Waals surface area contributed by atoms with Gasteiger partial charge < -0.3 is 14.6 Å². The standard InChI is InChI=1S/C26H35BrN6O2/c1-18-16-32(14-15-33(18)24(30-35-5)21-6-8-22(27)9-7-21)26(4)10-12-31(13-11-26)25(34)23-19(2)28-17-29-20(23)3/h6-9,17-18H,10-16H2,1-5H3/b30-24-/t18-/m0/s1. The number of hydrogen-bond acceptors (Lipinski definition) is 6. The molecule has 2 aliphatic heterocycles. The van der Waals surface area contributed by atoms with E-state index in [0.717, 1.165) is 72.8 Å². The van der Waals surface area contributed by atoms with Crippen LogP contribution in [0.2, 0.25) is 0 Å². The molecule has 2 aliphatic rings.